The monoisotopic (exact) mass is 662 g/mol. The number of esters is 1. The fourth-order valence-corrected chi connectivity index (χ4v) is 10.1. The zero-order valence-electron chi connectivity index (χ0n) is 28.8. The maximum Gasteiger partial charge on any atom is 0.308 e. The Labute approximate surface area is 290 Å². The largest absolute Gasteiger partial charge is 0.484 e. The molecule has 3 aromatic rings. The third-order valence-electron chi connectivity index (χ3n) is 12.4. The van der Waals surface area contributed by atoms with E-state index in [2.05, 4.69) is 46.2 Å². The summed E-state index contributed by atoms with van der Waals surface area (Å²) in [5, 5.41) is 10.2. The van der Waals surface area contributed by atoms with E-state index in [0.29, 0.717) is 30.2 Å². The van der Waals surface area contributed by atoms with Gasteiger partial charge < -0.3 is 14.6 Å². The summed E-state index contributed by atoms with van der Waals surface area (Å²) >= 11 is 0. The number of aliphatic hydroxyl groups excluding tert-OH is 1. The van der Waals surface area contributed by atoms with Gasteiger partial charge in [0.2, 0.25) is 0 Å². The smallest absolute Gasteiger partial charge is 0.308 e. The summed E-state index contributed by atoms with van der Waals surface area (Å²) in [7, 11) is 0. The fraction of sp³-hybridized carbons (Fsp3) is 0.524. The van der Waals surface area contributed by atoms with Crippen LogP contribution >= 0.6 is 0 Å². The molecule has 0 aromatic heterocycles. The Hall–Kier alpha value is -3.52. The van der Waals surface area contributed by atoms with Gasteiger partial charge in [-0.15, -0.1) is 0 Å². The minimum atomic E-state index is -0.339. The molecular formula is C42H50N2O5. The van der Waals surface area contributed by atoms with Crippen LogP contribution in [0.1, 0.15) is 85.3 Å². The van der Waals surface area contributed by atoms with E-state index in [1.165, 1.54) is 36.5 Å². The van der Waals surface area contributed by atoms with E-state index in [1.54, 1.807) is 0 Å². The number of unbranched alkanes of at least 4 members (excludes halogenated alkanes) is 3. The number of ketones is 1. The molecule has 258 valence electrons. The van der Waals surface area contributed by atoms with E-state index in [-0.39, 0.29) is 35.4 Å². The normalized spacial score (nSPS) is 29.3. The Morgan fingerprint density at radius 1 is 0.980 bits per heavy atom. The SMILES string of the molecule is CC(=O)Oc1ccc2c3c1O[C@H]1[C@H](N(CCCCCCc4ccccc4)CC(=O)c4ccccc4)CC[C@H]4[C@@H](C2)N(CC2CC2O)CC[C@@]341. The van der Waals surface area contributed by atoms with Crippen molar-refractivity contribution < 1.29 is 24.2 Å². The van der Waals surface area contributed by atoms with Gasteiger partial charge in [-0.3, -0.25) is 19.4 Å². The van der Waals surface area contributed by atoms with Crippen LogP contribution in [0, 0.1) is 11.8 Å². The van der Waals surface area contributed by atoms with Crippen LogP contribution < -0.4 is 9.47 Å². The molecule has 2 heterocycles. The first-order valence-electron chi connectivity index (χ1n) is 18.7. The molecule has 3 aromatic carbocycles. The van der Waals surface area contributed by atoms with Crippen LogP contribution in [-0.2, 0) is 23.1 Å². The first-order chi connectivity index (χ1) is 23.9. The average Bonchev–Trinajstić information content (AvgIpc) is 3.69. The molecule has 7 atom stereocenters. The molecular weight excluding hydrogens is 612 g/mol. The van der Waals surface area contributed by atoms with Crippen molar-refractivity contribution in [3.05, 3.63) is 95.1 Å². The Bertz CT molecular complexity index is 1660. The van der Waals surface area contributed by atoms with E-state index < -0.39 is 0 Å². The molecule has 0 radical (unpaired) electrons. The Morgan fingerprint density at radius 2 is 1.73 bits per heavy atom. The number of hydrogen-bond donors (Lipinski definition) is 1. The van der Waals surface area contributed by atoms with Crippen molar-refractivity contribution in [1.82, 2.24) is 9.80 Å². The maximum absolute atomic E-state index is 13.8. The van der Waals surface area contributed by atoms with Crippen molar-refractivity contribution in [1.29, 1.82) is 0 Å². The maximum atomic E-state index is 13.8. The van der Waals surface area contributed by atoms with Crippen molar-refractivity contribution in [2.75, 3.05) is 26.2 Å². The number of ether oxygens (including phenoxy) is 2. The molecule has 2 unspecified atom stereocenters. The van der Waals surface area contributed by atoms with Gasteiger partial charge in [-0.1, -0.05) is 79.6 Å². The molecule has 2 bridgehead atoms. The van der Waals surface area contributed by atoms with Crippen molar-refractivity contribution >= 4 is 11.8 Å². The van der Waals surface area contributed by atoms with Crippen LogP contribution in [-0.4, -0.2) is 77.1 Å². The number of hydrogen-bond acceptors (Lipinski definition) is 7. The van der Waals surface area contributed by atoms with Crippen LogP contribution in [0.5, 0.6) is 11.5 Å². The number of carbonyl (C=O) groups excluding carboxylic acids is 2. The molecule has 8 rings (SSSR count). The zero-order chi connectivity index (χ0) is 33.5. The second kappa shape index (κ2) is 13.7. The minimum absolute atomic E-state index is 0.0780. The Balaban J connectivity index is 1.07. The molecule has 49 heavy (non-hydrogen) atoms. The number of benzene rings is 3. The lowest BCUT2D eigenvalue weighted by atomic mass is 9.51. The van der Waals surface area contributed by atoms with Gasteiger partial charge in [-0.2, -0.15) is 0 Å². The predicted octanol–water partition coefficient (Wildman–Crippen LogP) is 6.39. The molecule has 5 aliphatic rings. The molecule has 1 spiro atoms. The molecule has 7 nitrogen and oxygen atoms in total. The molecule has 1 N–H and O–H groups in total. The number of likely N-dealkylation sites (tertiary alicyclic amines) is 1. The van der Waals surface area contributed by atoms with E-state index in [4.69, 9.17) is 9.47 Å². The zero-order valence-corrected chi connectivity index (χ0v) is 28.8. The van der Waals surface area contributed by atoms with Crippen molar-refractivity contribution in [3.63, 3.8) is 0 Å². The molecule has 2 saturated carbocycles. The van der Waals surface area contributed by atoms with Gasteiger partial charge in [0.05, 0.1) is 12.6 Å². The first-order valence-corrected chi connectivity index (χ1v) is 18.7. The topological polar surface area (TPSA) is 79.3 Å². The molecule has 1 saturated heterocycles. The third kappa shape index (κ3) is 6.23. The summed E-state index contributed by atoms with van der Waals surface area (Å²) in [4.78, 5) is 31.2. The lowest BCUT2D eigenvalue weighted by Gasteiger charge is -2.60. The van der Waals surface area contributed by atoms with Crippen LogP contribution in [0.3, 0.4) is 0 Å². The highest BCUT2D eigenvalue weighted by Gasteiger charge is 2.66. The second-order valence-electron chi connectivity index (χ2n) is 15.3. The van der Waals surface area contributed by atoms with E-state index in [1.807, 2.05) is 36.4 Å². The lowest BCUT2D eigenvalue weighted by Crippen LogP contribution is -2.69. The van der Waals surface area contributed by atoms with E-state index >= 15 is 0 Å². The molecule has 0 amide bonds. The highest BCUT2D eigenvalue weighted by Crippen LogP contribution is 2.64. The van der Waals surface area contributed by atoms with Gasteiger partial charge in [0.15, 0.2) is 17.3 Å². The first kappa shape index (κ1) is 32.7. The highest BCUT2D eigenvalue weighted by atomic mass is 16.6. The third-order valence-corrected chi connectivity index (χ3v) is 12.4. The number of piperidine rings is 1. The number of rotatable bonds is 14. The molecule has 3 fully saturated rings. The van der Waals surface area contributed by atoms with Gasteiger partial charge in [0.25, 0.3) is 0 Å². The van der Waals surface area contributed by atoms with Crippen molar-refractivity contribution in [2.24, 2.45) is 11.8 Å². The number of Topliss-reactive ketones (excluding diaryl/α,β-unsaturated/α-hetero) is 1. The van der Waals surface area contributed by atoms with Crippen molar-refractivity contribution in [2.45, 2.75) is 101 Å². The van der Waals surface area contributed by atoms with Crippen LogP contribution in [0.2, 0.25) is 0 Å². The minimum Gasteiger partial charge on any atom is -0.484 e. The number of aryl methyl sites for hydroxylation is 1. The molecule has 7 heteroatoms. The van der Waals surface area contributed by atoms with Crippen LogP contribution in [0.4, 0.5) is 0 Å². The summed E-state index contributed by atoms with van der Waals surface area (Å²) in [6, 6.07) is 25.0. The predicted molar refractivity (Wildman–Crippen MR) is 189 cm³/mol. The Morgan fingerprint density at radius 3 is 2.49 bits per heavy atom. The van der Waals surface area contributed by atoms with Gasteiger partial charge in [0, 0.05) is 48.0 Å². The lowest BCUT2D eigenvalue weighted by molar-refractivity contribution is -0.132. The number of carbonyl (C=O) groups is 2. The van der Waals surface area contributed by atoms with Gasteiger partial charge in [0.1, 0.15) is 6.10 Å². The molecule has 3 aliphatic carbocycles. The average molecular weight is 663 g/mol. The standard InChI is InChI=1S/C42H50N2O5/c1-28(45)48-38-20-17-31-24-35-33-18-19-34(41-42(33,39(31)40(38)49-41)21-23-44(35)26-32-25-36(32)46)43(27-37(47)30-15-9-5-10-16-30)22-11-3-2-6-12-29-13-7-4-8-14-29/h4-5,7-10,13-17,20,32-36,41,46H,2-3,6,11-12,18-19,21-27H2,1H3/t32?,33-,34+,35+,36?,41-,42-/m0/s1. The van der Waals surface area contributed by atoms with Gasteiger partial charge in [-0.05, 0) is 87.6 Å². The van der Waals surface area contributed by atoms with E-state index in [0.717, 1.165) is 82.3 Å². The second-order valence-corrected chi connectivity index (χ2v) is 15.3. The summed E-state index contributed by atoms with van der Waals surface area (Å²) in [5.41, 5.74) is 4.54. The quantitative estimate of drug-likeness (QED) is 0.0928. The molecule has 2 aliphatic heterocycles. The fourth-order valence-electron chi connectivity index (χ4n) is 10.1. The summed E-state index contributed by atoms with van der Waals surface area (Å²) in [6.07, 6.45) is 10.2. The summed E-state index contributed by atoms with van der Waals surface area (Å²) < 4.78 is 12.9. The van der Waals surface area contributed by atoms with Crippen LogP contribution in [0.25, 0.3) is 0 Å². The van der Waals surface area contributed by atoms with Crippen molar-refractivity contribution in [3.8, 4) is 11.5 Å². The van der Waals surface area contributed by atoms with Gasteiger partial charge in [-0.25, -0.2) is 0 Å². The van der Waals surface area contributed by atoms with Gasteiger partial charge >= 0.3 is 5.97 Å². The Kier molecular flexibility index (Phi) is 9.10. The number of aliphatic hydroxyl groups is 1. The summed E-state index contributed by atoms with van der Waals surface area (Å²) in [5.74, 6) is 1.91. The van der Waals surface area contributed by atoms with E-state index in [9.17, 15) is 14.7 Å². The summed E-state index contributed by atoms with van der Waals surface area (Å²) in [6.45, 7) is 4.61. The number of nitrogens with zero attached hydrogens (tertiary/aromatic N) is 2. The highest BCUT2D eigenvalue weighted by molar-refractivity contribution is 5.97. The van der Waals surface area contributed by atoms with Crippen LogP contribution in [0.15, 0.2) is 72.8 Å².